The van der Waals surface area contributed by atoms with Crippen molar-refractivity contribution in [3.8, 4) is 0 Å². The van der Waals surface area contributed by atoms with Crippen molar-refractivity contribution in [2.75, 3.05) is 0 Å². The average molecular weight is 349 g/mol. The zero-order valence-electron chi connectivity index (χ0n) is 13.2. The van der Waals surface area contributed by atoms with Gasteiger partial charge in [0.25, 0.3) is 0 Å². The minimum Gasteiger partial charge on any atom is -0.306 e. The molecule has 23 heavy (non-hydrogen) atoms. The van der Waals surface area contributed by atoms with Gasteiger partial charge in [-0.3, -0.25) is 10.1 Å². The molecule has 0 bridgehead atoms. The summed E-state index contributed by atoms with van der Waals surface area (Å²) in [5, 5.41) is 1.51. The van der Waals surface area contributed by atoms with Crippen molar-refractivity contribution < 1.29 is 36.5 Å². The SMILES string of the molecule is CC(C)CC(=O)NC([NH2+]C1CCCCC1)(C(F)(F)F)C(F)(F)F. The maximum atomic E-state index is 13.4. The van der Waals surface area contributed by atoms with Gasteiger partial charge in [-0.05, 0) is 31.6 Å². The van der Waals surface area contributed by atoms with E-state index in [1.165, 1.54) is 5.32 Å². The summed E-state index contributed by atoms with van der Waals surface area (Å²) in [5.41, 5.74) is -4.28. The second-order valence-corrected chi connectivity index (χ2v) is 6.51. The van der Waals surface area contributed by atoms with E-state index in [9.17, 15) is 31.1 Å². The molecule has 1 aliphatic rings. The van der Waals surface area contributed by atoms with Crippen LogP contribution in [0, 0.1) is 5.92 Å². The molecule has 0 aromatic heterocycles. The number of amides is 1. The third-order valence-electron chi connectivity index (χ3n) is 3.96. The van der Waals surface area contributed by atoms with Crippen LogP contribution in [-0.2, 0) is 4.79 Å². The Balaban J connectivity index is 3.11. The highest BCUT2D eigenvalue weighted by molar-refractivity contribution is 5.77. The molecule has 9 heteroatoms. The Morgan fingerprint density at radius 2 is 1.52 bits per heavy atom. The van der Waals surface area contributed by atoms with Crippen LogP contribution in [0.4, 0.5) is 26.3 Å². The first kappa shape index (κ1) is 20.1. The summed E-state index contributed by atoms with van der Waals surface area (Å²) in [6.07, 6.45) is -9.16. The number of nitrogens with two attached hydrogens (primary N) is 1. The van der Waals surface area contributed by atoms with Gasteiger partial charge in [0, 0.05) is 6.42 Å². The lowest BCUT2D eigenvalue weighted by Crippen LogP contribution is -3.11. The van der Waals surface area contributed by atoms with Gasteiger partial charge in [-0.25, -0.2) is 0 Å². The molecule has 3 N–H and O–H groups in total. The quantitative estimate of drug-likeness (QED) is 0.582. The minimum absolute atomic E-state index is 0.268. The molecule has 1 amide bonds. The second-order valence-electron chi connectivity index (χ2n) is 6.51. The van der Waals surface area contributed by atoms with Gasteiger partial charge in [-0.15, -0.1) is 0 Å². The zero-order chi connectivity index (χ0) is 17.9. The van der Waals surface area contributed by atoms with E-state index in [1.54, 1.807) is 13.8 Å². The molecule has 0 aromatic rings. The second kappa shape index (κ2) is 7.27. The number of hydrogen-bond donors (Lipinski definition) is 2. The van der Waals surface area contributed by atoms with E-state index in [-0.39, 0.29) is 24.1 Å². The normalized spacial score (nSPS) is 18.3. The molecule has 1 aliphatic carbocycles. The van der Waals surface area contributed by atoms with E-state index in [2.05, 4.69) is 0 Å². The van der Waals surface area contributed by atoms with E-state index >= 15 is 0 Å². The number of rotatable bonds is 5. The lowest BCUT2D eigenvalue weighted by atomic mass is 9.93. The van der Waals surface area contributed by atoms with E-state index in [4.69, 9.17) is 0 Å². The van der Waals surface area contributed by atoms with Crippen LogP contribution < -0.4 is 10.6 Å². The Kier molecular flexibility index (Phi) is 6.34. The third-order valence-corrected chi connectivity index (χ3v) is 3.96. The Morgan fingerprint density at radius 1 is 1.04 bits per heavy atom. The predicted octanol–water partition coefficient (Wildman–Crippen LogP) is 2.87. The van der Waals surface area contributed by atoms with Gasteiger partial charge in [-0.1, -0.05) is 20.3 Å². The summed E-state index contributed by atoms with van der Waals surface area (Å²) in [7, 11) is 0. The Bertz CT molecular complexity index is 385. The van der Waals surface area contributed by atoms with Crippen LogP contribution in [-0.4, -0.2) is 30.0 Å². The van der Waals surface area contributed by atoms with E-state index < -0.39 is 36.4 Å². The van der Waals surface area contributed by atoms with Gasteiger partial charge in [-0.2, -0.15) is 26.3 Å². The summed E-state index contributed by atoms with van der Waals surface area (Å²) in [6.45, 7) is 3.10. The van der Waals surface area contributed by atoms with Crippen molar-refractivity contribution in [2.24, 2.45) is 5.92 Å². The highest BCUT2D eigenvalue weighted by Crippen LogP contribution is 2.39. The third kappa shape index (κ3) is 4.99. The standard InChI is InChI=1S/C14H22F6N2O/c1-9(2)8-11(23)22-12(13(15,16)17,14(18,19)20)21-10-6-4-3-5-7-10/h9-10,21H,3-8H2,1-2H3,(H,22,23)/p+1. The first-order valence-electron chi connectivity index (χ1n) is 7.69. The lowest BCUT2D eigenvalue weighted by Gasteiger charge is -2.38. The summed E-state index contributed by atoms with van der Waals surface area (Å²) in [5.74, 6) is -1.59. The van der Waals surface area contributed by atoms with Crippen molar-refractivity contribution >= 4 is 5.91 Å². The fraction of sp³-hybridized carbons (Fsp3) is 0.929. The first-order valence-corrected chi connectivity index (χ1v) is 7.69. The van der Waals surface area contributed by atoms with Crippen LogP contribution in [0.2, 0.25) is 0 Å². The maximum Gasteiger partial charge on any atom is 0.475 e. The minimum atomic E-state index is -5.64. The van der Waals surface area contributed by atoms with Gasteiger partial charge >= 0.3 is 18.0 Å². The van der Waals surface area contributed by atoms with Crippen LogP contribution in [0.1, 0.15) is 52.4 Å². The van der Waals surface area contributed by atoms with Crippen LogP contribution in [0.5, 0.6) is 0 Å². The van der Waals surface area contributed by atoms with Gasteiger partial charge in [0.15, 0.2) is 0 Å². The molecule has 0 saturated heterocycles. The molecule has 0 heterocycles. The molecule has 1 fully saturated rings. The molecular formula is C14H23F6N2O+. The van der Waals surface area contributed by atoms with E-state index in [1.807, 2.05) is 0 Å². The monoisotopic (exact) mass is 349 g/mol. The smallest absolute Gasteiger partial charge is 0.306 e. The maximum absolute atomic E-state index is 13.4. The molecule has 0 aromatic carbocycles. The van der Waals surface area contributed by atoms with E-state index in [0.717, 1.165) is 6.42 Å². The number of nitrogens with one attached hydrogen (secondary N) is 1. The first-order chi connectivity index (χ1) is 10.4. The number of carbonyl (C=O) groups is 1. The fourth-order valence-corrected chi connectivity index (χ4v) is 2.83. The highest BCUT2D eigenvalue weighted by atomic mass is 19.4. The van der Waals surface area contributed by atoms with Crippen molar-refractivity contribution in [2.45, 2.75) is 76.4 Å². The molecule has 0 unspecified atom stereocenters. The summed E-state index contributed by atoms with van der Waals surface area (Å²) < 4.78 is 80.1. The Labute approximate surface area is 131 Å². The van der Waals surface area contributed by atoms with Crippen LogP contribution >= 0.6 is 0 Å². The lowest BCUT2D eigenvalue weighted by molar-refractivity contribution is -0.810. The van der Waals surface area contributed by atoms with Gasteiger partial charge in [0.1, 0.15) is 0 Å². The number of carbonyl (C=O) groups excluding carboxylic acids is 1. The molecule has 0 radical (unpaired) electrons. The summed E-state index contributed by atoms with van der Waals surface area (Å²) in [6, 6.07) is -0.814. The molecule has 0 atom stereocenters. The summed E-state index contributed by atoms with van der Waals surface area (Å²) >= 11 is 0. The summed E-state index contributed by atoms with van der Waals surface area (Å²) in [4.78, 5) is 11.7. The van der Waals surface area contributed by atoms with Gasteiger partial charge < -0.3 is 5.32 Å². The largest absolute Gasteiger partial charge is 0.475 e. The van der Waals surface area contributed by atoms with Crippen molar-refractivity contribution in [1.29, 1.82) is 0 Å². The molecule has 3 nitrogen and oxygen atoms in total. The Hall–Kier alpha value is -0.990. The van der Waals surface area contributed by atoms with Crippen LogP contribution in [0.15, 0.2) is 0 Å². The molecule has 0 spiro atoms. The molecule has 136 valence electrons. The Morgan fingerprint density at radius 3 is 1.91 bits per heavy atom. The van der Waals surface area contributed by atoms with Gasteiger partial charge in [0.05, 0.1) is 6.04 Å². The number of alkyl halides is 6. The highest BCUT2D eigenvalue weighted by Gasteiger charge is 2.76. The number of quaternary nitrogens is 1. The molecular weight excluding hydrogens is 326 g/mol. The number of halogens is 6. The van der Waals surface area contributed by atoms with Crippen LogP contribution in [0.25, 0.3) is 0 Å². The number of hydrogen-bond acceptors (Lipinski definition) is 1. The fourth-order valence-electron chi connectivity index (χ4n) is 2.83. The average Bonchev–Trinajstić information content (AvgIpc) is 2.35. The van der Waals surface area contributed by atoms with E-state index in [0.29, 0.717) is 12.8 Å². The predicted molar refractivity (Wildman–Crippen MR) is 71.2 cm³/mol. The molecule has 1 rings (SSSR count). The van der Waals surface area contributed by atoms with Crippen molar-refractivity contribution in [3.63, 3.8) is 0 Å². The van der Waals surface area contributed by atoms with Crippen molar-refractivity contribution in [3.05, 3.63) is 0 Å². The van der Waals surface area contributed by atoms with Gasteiger partial charge in [0.2, 0.25) is 5.91 Å². The molecule has 1 saturated carbocycles. The zero-order valence-corrected chi connectivity index (χ0v) is 13.2. The molecule has 0 aliphatic heterocycles. The topological polar surface area (TPSA) is 45.7 Å². The van der Waals surface area contributed by atoms with Crippen molar-refractivity contribution in [1.82, 2.24) is 5.32 Å². The van der Waals surface area contributed by atoms with Crippen LogP contribution in [0.3, 0.4) is 0 Å².